The van der Waals surface area contributed by atoms with Gasteiger partial charge in [0.15, 0.2) is 5.69 Å². The second-order valence-corrected chi connectivity index (χ2v) is 20.0. The number of carbonyl (C=O) groups excluding carboxylic acids is 3. The minimum atomic E-state index is -4.89. The second kappa shape index (κ2) is 33.3. The van der Waals surface area contributed by atoms with E-state index in [4.69, 9.17) is 14.5 Å². The van der Waals surface area contributed by atoms with E-state index in [0.29, 0.717) is 55.4 Å². The van der Waals surface area contributed by atoms with Gasteiger partial charge in [0, 0.05) is 110 Å². The van der Waals surface area contributed by atoms with Crippen LogP contribution in [-0.4, -0.2) is 250 Å². The van der Waals surface area contributed by atoms with Crippen molar-refractivity contribution in [1.82, 2.24) is 55.4 Å². The van der Waals surface area contributed by atoms with Crippen LogP contribution in [0.25, 0.3) is 11.3 Å². The van der Waals surface area contributed by atoms with E-state index in [1.807, 2.05) is 32.0 Å². The first-order valence-electron chi connectivity index (χ1n) is 27.7. The molecule has 5 heterocycles. The molecule has 3 atom stereocenters. The first-order valence-corrected chi connectivity index (χ1v) is 27.7. The van der Waals surface area contributed by atoms with E-state index in [1.165, 1.54) is 11.0 Å². The predicted molar refractivity (Wildman–Crippen MR) is 293 cm³/mol. The summed E-state index contributed by atoms with van der Waals surface area (Å²) in [5.74, 6) is -4.64. The van der Waals surface area contributed by atoms with E-state index >= 15 is 0 Å². The molecule has 0 aromatic carbocycles. The Morgan fingerprint density at radius 3 is 1.87 bits per heavy atom. The molecule has 2 saturated heterocycles. The van der Waals surface area contributed by atoms with Crippen LogP contribution in [0.3, 0.4) is 0 Å². The number of ether oxygens (including phenoxy) is 2. The highest BCUT2D eigenvalue weighted by Crippen LogP contribution is 2.35. The Kier molecular flexibility index (Phi) is 26.8. The molecule has 0 spiro atoms. The van der Waals surface area contributed by atoms with Crippen molar-refractivity contribution in [2.75, 3.05) is 136 Å². The quantitative estimate of drug-likeness (QED) is 0.0453. The van der Waals surface area contributed by atoms with Crippen molar-refractivity contribution >= 4 is 41.3 Å². The standard InChI is InChI=1S/C54H79F3N12O13/c1-4-37-32-68(53(80)41-10-13-47(81-5-2)63-51(41)54(55,56)57)27-28-69(37)44-12-11-42(40-9-7-16-61-52(40)82-6-3)62-43(44)31-58-15-8-17-59-45(72)30-39(71)29-38(70)14-18-60-46(73)33-64-19-21-65(34-48(74)75)23-25-67(36-50(78)79)26-24-66(22-20-64)35-49(76)77/h7,9-13,16,37-39,58,70-71H,4-6,8,14-15,17-36H2,1-3H3,(H,59,72)(H,60,73)(H,74,75)(H,76,77)(H,78,79). The van der Waals surface area contributed by atoms with Crippen molar-refractivity contribution in [3.63, 3.8) is 0 Å². The topological polar surface area (TPSA) is 316 Å². The van der Waals surface area contributed by atoms with E-state index in [1.54, 1.807) is 38.8 Å². The molecule has 8 N–H and O–H groups in total. The lowest BCUT2D eigenvalue weighted by atomic mass is 10.0. The summed E-state index contributed by atoms with van der Waals surface area (Å²) in [5, 5.41) is 58.7. The lowest BCUT2D eigenvalue weighted by Gasteiger charge is -2.43. The molecule has 0 radical (unpaired) electrons. The molecule has 3 aromatic heterocycles. The number of carboxylic acid groups (broad SMARTS) is 3. The number of pyridine rings is 3. The number of carbonyl (C=O) groups is 6. The SMILES string of the molecule is CCOc1ccc(C(=O)N2CCN(c3ccc(-c4cccnc4OCC)nc3CNCCCNC(=O)CC(O)CC(O)CCNC(=O)CN3CCN(CC(=O)O)CCN(CC(=O)O)CCN(CC(=O)O)CC3)C(CC)C2)c(C(F)(F)F)n1. The fourth-order valence-electron chi connectivity index (χ4n) is 9.68. The average Bonchev–Trinajstić information content (AvgIpc) is 3.63. The smallest absolute Gasteiger partial charge is 0.434 e. The zero-order valence-corrected chi connectivity index (χ0v) is 46.8. The minimum absolute atomic E-state index is 0.0456. The van der Waals surface area contributed by atoms with Crippen molar-refractivity contribution in [3.05, 3.63) is 59.5 Å². The number of alkyl halides is 3. The number of aliphatic carboxylic acids is 3. The van der Waals surface area contributed by atoms with Gasteiger partial charge in [-0.2, -0.15) is 13.2 Å². The largest absolute Gasteiger partial charge is 0.480 e. The molecule has 2 aliphatic rings. The molecule has 0 bridgehead atoms. The molecule has 3 amide bonds. The first-order chi connectivity index (χ1) is 39.2. The number of rotatable bonds is 29. The fourth-order valence-corrected chi connectivity index (χ4v) is 9.68. The van der Waals surface area contributed by atoms with Crippen molar-refractivity contribution < 1.29 is 76.9 Å². The number of hydrogen-bond donors (Lipinski definition) is 8. The molecule has 3 aromatic rings. The molecule has 2 aliphatic heterocycles. The van der Waals surface area contributed by atoms with Crippen LogP contribution < -0.4 is 30.3 Å². The number of carboxylic acids is 3. The van der Waals surface area contributed by atoms with E-state index in [0.717, 1.165) is 11.8 Å². The van der Waals surface area contributed by atoms with Gasteiger partial charge in [0.1, 0.15) is 0 Å². The van der Waals surface area contributed by atoms with Gasteiger partial charge in [-0.25, -0.2) is 15.0 Å². The molecule has 0 saturated carbocycles. The molecule has 25 nitrogen and oxygen atoms in total. The zero-order valence-electron chi connectivity index (χ0n) is 46.8. The Balaban J connectivity index is 1.10. The zero-order chi connectivity index (χ0) is 59.8. The third-order valence-electron chi connectivity index (χ3n) is 13.8. The van der Waals surface area contributed by atoms with Crippen LogP contribution in [0, 0.1) is 0 Å². The molecule has 3 unspecified atom stereocenters. The van der Waals surface area contributed by atoms with E-state index in [9.17, 15) is 67.5 Å². The van der Waals surface area contributed by atoms with Crippen molar-refractivity contribution in [1.29, 1.82) is 0 Å². The summed E-state index contributed by atoms with van der Waals surface area (Å²) in [5.41, 5.74) is 0.813. The number of aromatic nitrogens is 3. The summed E-state index contributed by atoms with van der Waals surface area (Å²) in [7, 11) is 0. The fraction of sp³-hybridized carbons (Fsp3) is 0.611. The number of hydrogen-bond acceptors (Lipinski definition) is 19. The van der Waals surface area contributed by atoms with Crippen LogP contribution in [0.5, 0.6) is 11.8 Å². The van der Waals surface area contributed by atoms with Crippen LogP contribution in [0.4, 0.5) is 18.9 Å². The average molecular weight is 1160 g/mol. The number of anilines is 1. The van der Waals surface area contributed by atoms with Crippen LogP contribution in [-0.2, 0) is 36.7 Å². The molecule has 5 rings (SSSR count). The number of aliphatic hydroxyl groups is 2. The van der Waals surface area contributed by atoms with Gasteiger partial charge in [-0.1, -0.05) is 6.92 Å². The molecule has 2 fully saturated rings. The first kappa shape index (κ1) is 66.0. The maximum absolute atomic E-state index is 14.2. The van der Waals surface area contributed by atoms with Crippen LogP contribution in [0.2, 0.25) is 0 Å². The van der Waals surface area contributed by atoms with Crippen LogP contribution in [0.1, 0.15) is 74.6 Å². The number of aliphatic hydroxyl groups excluding tert-OH is 2. The van der Waals surface area contributed by atoms with E-state index in [-0.39, 0.29) is 149 Å². The van der Waals surface area contributed by atoms with Crippen LogP contribution >= 0.6 is 0 Å². The van der Waals surface area contributed by atoms with E-state index in [2.05, 4.69) is 30.8 Å². The Morgan fingerprint density at radius 2 is 1.29 bits per heavy atom. The monoisotopic (exact) mass is 1160 g/mol. The number of nitrogens with zero attached hydrogens (tertiary/aromatic N) is 9. The highest BCUT2D eigenvalue weighted by atomic mass is 19.4. The van der Waals surface area contributed by atoms with Gasteiger partial charge in [-0.15, -0.1) is 0 Å². The highest BCUT2D eigenvalue weighted by Gasteiger charge is 2.40. The van der Waals surface area contributed by atoms with Crippen LogP contribution in [0.15, 0.2) is 42.6 Å². The summed E-state index contributed by atoms with van der Waals surface area (Å²) < 4.78 is 53.5. The summed E-state index contributed by atoms with van der Waals surface area (Å²) in [6, 6.07) is 9.47. The molecular weight excluding hydrogens is 1080 g/mol. The summed E-state index contributed by atoms with van der Waals surface area (Å²) >= 11 is 0. The molecule has 0 aliphatic carbocycles. The van der Waals surface area contributed by atoms with Gasteiger partial charge in [-0.05, 0) is 76.4 Å². The Hall–Kier alpha value is -6.82. The highest BCUT2D eigenvalue weighted by molar-refractivity contribution is 5.96. The number of halogens is 3. The summed E-state index contributed by atoms with van der Waals surface area (Å²) in [6.45, 7) is 8.38. The lowest BCUT2D eigenvalue weighted by Crippen LogP contribution is -2.55. The molecule has 82 heavy (non-hydrogen) atoms. The van der Waals surface area contributed by atoms with Crippen molar-refractivity contribution in [2.24, 2.45) is 0 Å². The van der Waals surface area contributed by atoms with Crippen molar-refractivity contribution in [2.45, 2.75) is 83.8 Å². The Labute approximate surface area is 474 Å². The lowest BCUT2D eigenvalue weighted by molar-refractivity contribution is -0.142. The third-order valence-corrected chi connectivity index (χ3v) is 13.8. The molecular formula is C54H79F3N12O13. The van der Waals surface area contributed by atoms with Gasteiger partial charge < -0.3 is 60.8 Å². The summed E-state index contributed by atoms with van der Waals surface area (Å²) in [4.78, 5) is 97.7. The molecule has 28 heteroatoms. The van der Waals surface area contributed by atoms with Gasteiger partial charge in [0.25, 0.3) is 5.91 Å². The maximum Gasteiger partial charge on any atom is 0.434 e. The maximum atomic E-state index is 14.2. The Morgan fingerprint density at radius 1 is 0.695 bits per heavy atom. The number of amides is 3. The Bertz CT molecular complexity index is 2540. The van der Waals surface area contributed by atoms with Gasteiger partial charge >= 0.3 is 24.1 Å². The summed E-state index contributed by atoms with van der Waals surface area (Å²) in [6.07, 6.45) is -4.82. The normalized spacial score (nSPS) is 17.2. The van der Waals surface area contributed by atoms with Crippen molar-refractivity contribution in [3.8, 4) is 23.0 Å². The second-order valence-electron chi connectivity index (χ2n) is 20.0. The predicted octanol–water partition coefficient (Wildman–Crippen LogP) is 1.18. The van der Waals surface area contributed by atoms with Gasteiger partial charge in [-0.3, -0.25) is 48.4 Å². The molecule has 454 valence electrons. The number of piperazine rings is 1. The minimum Gasteiger partial charge on any atom is -0.480 e. The van der Waals surface area contributed by atoms with E-state index < -0.39 is 65.3 Å². The van der Waals surface area contributed by atoms with Gasteiger partial charge in [0.05, 0.1) is 86.2 Å². The number of nitrogens with one attached hydrogen (secondary N) is 3. The third kappa shape index (κ3) is 21.8. The van der Waals surface area contributed by atoms with Gasteiger partial charge in [0.2, 0.25) is 23.6 Å².